The van der Waals surface area contributed by atoms with Gasteiger partial charge in [-0.05, 0) is 6.07 Å². The van der Waals surface area contributed by atoms with Crippen LogP contribution in [0.4, 0.5) is 5.69 Å². The maximum absolute atomic E-state index is 10.1. The lowest BCUT2D eigenvalue weighted by molar-refractivity contribution is -0.385. The number of rotatable bonds is 1. The molecule has 4 heteroatoms. The summed E-state index contributed by atoms with van der Waals surface area (Å²) in [6.07, 6.45) is 1.04. The Morgan fingerprint density at radius 3 is 3.11 bits per heavy atom. The molecule has 0 atom stereocenters. The van der Waals surface area contributed by atoms with Crippen molar-refractivity contribution < 1.29 is 6.29 Å². The number of nitro groups is 1. The molecule has 1 heterocycles. The van der Waals surface area contributed by atoms with E-state index in [0.717, 1.165) is 0 Å². The minimum absolute atomic E-state index is 0.262. The van der Waals surface area contributed by atoms with Crippen LogP contribution in [0.5, 0.6) is 0 Å². The fraction of sp³-hybridized carbons (Fsp3) is 0. The van der Waals surface area contributed by atoms with E-state index in [1.807, 2.05) is 0 Å². The number of aromatic nitrogens is 1. The van der Waals surface area contributed by atoms with Crippen LogP contribution < -0.4 is 0 Å². The second-order valence-electron chi connectivity index (χ2n) is 1.39. The van der Waals surface area contributed by atoms with Crippen LogP contribution in [-0.4, -0.2) is 9.91 Å². The van der Waals surface area contributed by atoms with Gasteiger partial charge >= 0.3 is 0 Å². The summed E-state index contributed by atoms with van der Waals surface area (Å²) >= 11 is 0. The van der Waals surface area contributed by atoms with Crippen LogP contribution in [0, 0.1) is 10.1 Å². The highest BCUT2D eigenvalue weighted by molar-refractivity contribution is 5.23. The van der Waals surface area contributed by atoms with Crippen molar-refractivity contribution in [2.24, 2.45) is 0 Å². The Bertz CT molecular complexity index is 264. The third kappa shape index (κ3) is 1.22. The molecule has 9 heavy (non-hydrogen) atoms. The number of hydrogen-bond acceptors (Lipinski definition) is 3. The Balaban J connectivity index is 3.15. The van der Waals surface area contributed by atoms with Gasteiger partial charge in [0.2, 0.25) is 0 Å². The molecule has 0 unspecified atom stereocenters. The molecule has 0 radical (unpaired) electrons. The number of nitrogens with zero attached hydrogens (tertiary/aromatic N) is 2. The first-order chi connectivity index (χ1) is 4.72. The van der Waals surface area contributed by atoms with Crippen LogP contribution in [-0.2, 0) is 0 Å². The van der Waals surface area contributed by atoms with Crippen molar-refractivity contribution in [2.45, 2.75) is 0 Å². The summed E-state index contributed by atoms with van der Waals surface area (Å²) in [5, 5.41) is 10.1. The van der Waals surface area contributed by atoms with Gasteiger partial charge in [0.05, 0.1) is 6.29 Å². The lowest BCUT2D eigenvalue weighted by Gasteiger charge is -1.84. The summed E-state index contributed by atoms with van der Waals surface area (Å²) in [6.45, 7) is 0. The summed E-state index contributed by atoms with van der Waals surface area (Å²) in [4.78, 5) is 12.9. The Hall–Kier alpha value is -1.45. The van der Waals surface area contributed by atoms with Gasteiger partial charge < -0.3 is 0 Å². The highest BCUT2D eigenvalue weighted by Gasteiger charge is 1.99. The second-order valence-corrected chi connectivity index (χ2v) is 1.39. The minimum atomic E-state index is -0.630. The lowest BCUT2D eigenvalue weighted by Crippen LogP contribution is -1.86. The van der Waals surface area contributed by atoms with Gasteiger partial charge in [-0.3, -0.25) is 15.1 Å². The van der Waals surface area contributed by atoms with Crippen LogP contribution >= 0.6 is 0 Å². The molecule has 0 aliphatic rings. The molecule has 0 aliphatic carbocycles. The van der Waals surface area contributed by atoms with Gasteiger partial charge in [0.15, 0.2) is 0 Å². The monoisotopic (exact) mass is 125 g/mol. The molecule has 0 bridgehead atoms. The smallest absolute Gasteiger partial charge is 0.258 e. The summed E-state index contributed by atoms with van der Waals surface area (Å²) in [7, 11) is 0. The Kier molecular flexibility index (Phi) is 1.09. The van der Waals surface area contributed by atoms with E-state index in [2.05, 4.69) is 4.98 Å². The van der Waals surface area contributed by atoms with Gasteiger partial charge in [-0.15, -0.1) is 0 Å². The van der Waals surface area contributed by atoms with Gasteiger partial charge in [-0.2, -0.15) is 0 Å². The molecule has 1 aromatic heterocycles. The van der Waals surface area contributed by atoms with E-state index < -0.39 is 4.92 Å². The van der Waals surface area contributed by atoms with Crippen LogP contribution in [0.2, 0.25) is 0 Å². The van der Waals surface area contributed by atoms with Gasteiger partial charge in [-0.25, -0.2) is 0 Å². The molecule has 0 saturated carbocycles. The quantitative estimate of drug-likeness (QED) is 0.415. The maximum Gasteiger partial charge on any atom is 0.287 e. The van der Waals surface area contributed by atoms with E-state index in [-0.39, 0.29) is 11.9 Å². The average molecular weight is 125 g/mol. The molecule has 0 fully saturated rings. The molecular weight excluding hydrogens is 120 g/mol. The first kappa shape index (κ1) is 4.43. The Labute approximate surface area is 52.7 Å². The van der Waals surface area contributed by atoms with Crippen molar-refractivity contribution >= 4 is 5.69 Å². The standard InChI is InChI=1S/C5H4N2O2/c8-7(9)5-2-1-3-6-4-5/h1-4H/i4D. The summed E-state index contributed by atoms with van der Waals surface area (Å²) in [5.74, 6) is 0. The second kappa shape index (κ2) is 2.21. The molecule has 4 nitrogen and oxygen atoms in total. The number of hydrogen-bond donors (Lipinski definition) is 0. The van der Waals surface area contributed by atoms with Gasteiger partial charge in [-0.1, -0.05) is 0 Å². The van der Waals surface area contributed by atoms with Gasteiger partial charge in [0, 0.05) is 12.3 Å². The molecule has 46 valence electrons. The predicted octanol–water partition coefficient (Wildman–Crippen LogP) is 0.990. The lowest BCUT2D eigenvalue weighted by atomic mass is 10.4. The fourth-order valence-electron chi connectivity index (χ4n) is 0.420. The normalized spacial score (nSPS) is 10.4. The van der Waals surface area contributed by atoms with Crippen molar-refractivity contribution in [1.82, 2.24) is 4.98 Å². The highest BCUT2D eigenvalue weighted by atomic mass is 16.6. The Morgan fingerprint density at radius 2 is 2.67 bits per heavy atom. The third-order valence-electron chi connectivity index (χ3n) is 0.790. The van der Waals surface area contributed by atoms with E-state index in [4.69, 9.17) is 1.37 Å². The molecule has 0 spiro atoms. The van der Waals surface area contributed by atoms with Crippen molar-refractivity contribution in [3.8, 4) is 0 Å². The molecule has 0 aliphatic heterocycles. The summed E-state index contributed by atoms with van der Waals surface area (Å²) in [6, 6.07) is 2.67. The zero-order valence-electron chi connectivity index (χ0n) is 5.44. The molecule has 0 N–H and O–H groups in total. The SMILES string of the molecule is [2H]c1ncccc1[N+](=O)[O-]. The van der Waals surface area contributed by atoms with Crippen molar-refractivity contribution in [3.05, 3.63) is 34.6 Å². The molecule has 0 aromatic carbocycles. The summed E-state index contributed by atoms with van der Waals surface area (Å²) in [5.41, 5.74) is -0.262. The van der Waals surface area contributed by atoms with E-state index in [0.29, 0.717) is 0 Å². The van der Waals surface area contributed by atoms with Crippen LogP contribution in [0.15, 0.2) is 24.5 Å². The predicted molar refractivity (Wildman–Crippen MR) is 30.9 cm³/mol. The largest absolute Gasteiger partial charge is 0.287 e. The maximum atomic E-state index is 10.1. The van der Waals surface area contributed by atoms with Crippen molar-refractivity contribution in [2.75, 3.05) is 0 Å². The topological polar surface area (TPSA) is 56.0 Å². The first-order valence-electron chi connectivity index (χ1n) is 2.78. The van der Waals surface area contributed by atoms with E-state index in [1.165, 1.54) is 18.3 Å². The van der Waals surface area contributed by atoms with Crippen LogP contribution in [0.3, 0.4) is 0 Å². The molecular formula is C5H4N2O2. The molecule has 1 rings (SSSR count). The minimum Gasteiger partial charge on any atom is -0.258 e. The average Bonchev–Trinajstić information content (AvgIpc) is 1.88. The Morgan fingerprint density at radius 1 is 1.89 bits per heavy atom. The summed E-state index contributed by atoms with van der Waals surface area (Å²) < 4.78 is 6.95. The highest BCUT2D eigenvalue weighted by Crippen LogP contribution is 2.04. The fourth-order valence-corrected chi connectivity index (χ4v) is 0.420. The molecule has 0 amide bonds. The number of pyridine rings is 1. The van der Waals surface area contributed by atoms with Gasteiger partial charge in [0.25, 0.3) is 5.69 Å². The molecule has 1 aromatic rings. The van der Waals surface area contributed by atoms with Crippen LogP contribution in [0.1, 0.15) is 1.37 Å². The van der Waals surface area contributed by atoms with Gasteiger partial charge in [0.1, 0.15) is 6.17 Å². The molecule has 0 saturated heterocycles. The third-order valence-corrected chi connectivity index (χ3v) is 0.790. The van der Waals surface area contributed by atoms with E-state index in [9.17, 15) is 10.1 Å². The first-order valence-corrected chi connectivity index (χ1v) is 2.28. The van der Waals surface area contributed by atoms with E-state index in [1.54, 1.807) is 0 Å². The van der Waals surface area contributed by atoms with E-state index >= 15 is 0 Å². The van der Waals surface area contributed by atoms with Crippen molar-refractivity contribution in [1.29, 1.82) is 0 Å². The zero-order valence-corrected chi connectivity index (χ0v) is 4.44. The zero-order chi connectivity index (χ0) is 7.56. The van der Waals surface area contributed by atoms with Crippen molar-refractivity contribution in [3.63, 3.8) is 0 Å². The van der Waals surface area contributed by atoms with Crippen LogP contribution in [0.25, 0.3) is 0 Å².